The summed E-state index contributed by atoms with van der Waals surface area (Å²) in [5.41, 5.74) is 0.966. The average Bonchev–Trinajstić information content (AvgIpc) is 2.46. The lowest BCUT2D eigenvalue weighted by Gasteiger charge is -2.18. The van der Waals surface area contributed by atoms with Crippen molar-refractivity contribution in [3.8, 4) is 11.5 Å². The predicted octanol–water partition coefficient (Wildman–Crippen LogP) is -2.10. The Morgan fingerprint density at radius 3 is 2.95 bits per heavy atom. The van der Waals surface area contributed by atoms with Crippen molar-refractivity contribution in [2.45, 2.75) is 6.54 Å². The highest BCUT2D eigenvalue weighted by molar-refractivity contribution is 6.00. The van der Waals surface area contributed by atoms with Crippen LogP contribution in [0.4, 0.5) is 5.69 Å². The van der Waals surface area contributed by atoms with E-state index in [9.17, 15) is 14.7 Å². The summed E-state index contributed by atoms with van der Waals surface area (Å²) < 4.78 is 6.83. The number of rotatable bonds is 3. The largest absolute Gasteiger partial charge is 1.00 e. The first-order valence-electron chi connectivity index (χ1n) is 6.40. The van der Waals surface area contributed by atoms with E-state index >= 15 is 0 Å². The minimum Gasteiger partial charge on any atom is -1.00 e. The number of aromatic hydroxyl groups is 1. The summed E-state index contributed by atoms with van der Waals surface area (Å²) in [6, 6.07) is 8.10. The molecule has 0 saturated carbocycles. The predicted molar refractivity (Wildman–Crippen MR) is 73.2 cm³/mol. The number of halogens is 1. The SMILES string of the molecule is O=C1COc2ccc(C(=O)C[n+]3cccc(O)c3)cc2N1.[Cl-]. The number of benzene rings is 1. The highest BCUT2D eigenvalue weighted by Crippen LogP contribution is 2.28. The molecule has 0 atom stereocenters. The van der Waals surface area contributed by atoms with Gasteiger partial charge in [0.15, 0.2) is 18.6 Å². The summed E-state index contributed by atoms with van der Waals surface area (Å²) in [7, 11) is 0. The molecule has 0 unspecified atom stereocenters. The van der Waals surface area contributed by atoms with E-state index in [1.54, 1.807) is 35.0 Å². The van der Waals surface area contributed by atoms with Crippen LogP contribution in [0.25, 0.3) is 0 Å². The minimum atomic E-state index is -0.241. The van der Waals surface area contributed by atoms with Gasteiger partial charge in [-0.25, -0.2) is 0 Å². The maximum Gasteiger partial charge on any atom is 0.262 e. The molecule has 7 heteroatoms. The number of nitrogens with zero attached hydrogens (tertiary/aromatic N) is 1. The topological polar surface area (TPSA) is 79.5 Å². The zero-order valence-electron chi connectivity index (χ0n) is 11.5. The molecule has 2 heterocycles. The van der Waals surface area contributed by atoms with E-state index in [1.807, 2.05) is 0 Å². The number of nitrogens with one attached hydrogen (secondary N) is 1. The van der Waals surface area contributed by atoms with Crippen molar-refractivity contribution in [1.82, 2.24) is 0 Å². The Bertz CT molecular complexity index is 733. The van der Waals surface area contributed by atoms with E-state index < -0.39 is 0 Å². The van der Waals surface area contributed by atoms with Crippen LogP contribution in [0.1, 0.15) is 10.4 Å². The first-order chi connectivity index (χ1) is 10.1. The van der Waals surface area contributed by atoms with Crippen LogP contribution in [0.2, 0.25) is 0 Å². The third-order valence-corrected chi connectivity index (χ3v) is 3.10. The fourth-order valence-electron chi connectivity index (χ4n) is 2.12. The van der Waals surface area contributed by atoms with Gasteiger partial charge in [0.25, 0.3) is 5.91 Å². The number of aromatic nitrogens is 1. The number of Topliss-reactive ketones (excluding diaryl/α,β-unsaturated/α-hetero) is 1. The second-order valence-electron chi connectivity index (χ2n) is 4.71. The van der Waals surface area contributed by atoms with Crippen LogP contribution in [0, 0.1) is 0 Å². The van der Waals surface area contributed by atoms with E-state index in [1.165, 1.54) is 12.3 Å². The van der Waals surface area contributed by atoms with Gasteiger partial charge < -0.3 is 27.6 Å². The molecule has 2 aromatic rings. The van der Waals surface area contributed by atoms with Crippen LogP contribution < -0.4 is 27.0 Å². The molecular weight excluding hydrogens is 308 g/mol. The van der Waals surface area contributed by atoms with Crippen LogP contribution in [0.15, 0.2) is 42.7 Å². The number of pyridine rings is 1. The number of ether oxygens (including phenoxy) is 1. The summed E-state index contributed by atoms with van der Waals surface area (Å²) >= 11 is 0. The lowest BCUT2D eigenvalue weighted by molar-refractivity contribution is -0.683. The van der Waals surface area contributed by atoms with E-state index in [2.05, 4.69) is 5.32 Å². The summed E-state index contributed by atoms with van der Waals surface area (Å²) in [5, 5.41) is 12.1. The molecular formula is C15H13ClN2O4. The van der Waals surface area contributed by atoms with E-state index in [0.717, 1.165) is 0 Å². The van der Waals surface area contributed by atoms with E-state index in [4.69, 9.17) is 4.74 Å². The van der Waals surface area contributed by atoms with Crippen molar-refractivity contribution in [3.63, 3.8) is 0 Å². The second kappa shape index (κ2) is 6.44. The molecule has 1 amide bonds. The number of hydrogen-bond acceptors (Lipinski definition) is 4. The third kappa shape index (κ3) is 3.35. The molecule has 6 nitrogen and oxygen atoms in total. The van der Waals surface area contributed by atoms with Crippen molar-refractivity contribution >= 4 is 17.4 Å². The smallest absolute Gasteiger partial charge is 0.262 e. The van der Waals surface area contributed by atoms with Gasteiger partial charge in [-0.1, -0.05) is 0 Å². The number of anilines is 1. The molecule has 0 aliphatic carbocycles. The Kier molecular flexibility index (Phi) is 4.62. The number of hydrogen-bond donors (Lipinski definition) is 2. The van der Waals surface area contributed by atoms with Crippen LogP contribution in [0.3, 0.4) is 0 Å². The van der Waals surface area contributed by atoms with Gasteiger partial charge in [0.05, 0.1) is 5.69 Å². The van der Waals surface area contributed by atoms with E-state index in [0.29, 0.717) is 17.0 Å². The quantitative estimate of drug-likeness (QED) is 0.501. The lowest BCUT2D eigenvalue weighted by atomic mass is 10.1. The molecule has 1 aliphatic heterocycles. The number of ketones is 1. The summed E-state index contributed by atoms with van der Waals surface area (Å²) in [5.74, 6) is 0.273. The second-order valence-corrected chi connectivity index (χ2v) is 4.71. The van der Waals surface area contributed by atoms with Gasteiger partial charge >= 0.3 is 0 Å². The molecule has 0 fully saturated rings. The fraction of sp³-hybridized carbons (Fsp3) is 0.133. The maximum absolute atomic E-state index is 12.2. The standard InChI is InChI=1S/C15H12N2O4.ClH/c18-11-2-1-5-17(7-11)8-13(19)10-3-4-14-12(6-10)16-15(20)9-21-14;/h1-7H,8-9H2,(H-,16,18,20);1H. The van der Waals surface area contributed by atoms with Gasteiger partial charge in [0.1, 0.15) is 5.75 Å². The van der Waals surface area contributed by atoms with Crippen molar-refractivity contribution in [2.75, 3.05) is 11.9 Å². The Labute approximate surface area is 132 Å². The van der Waals surface area contributed by atoms with Crippen LogP contribution in [-0.4, -0.2) is 23.4 Å². The van der Waals surface area contributed by atoms with Crippen LogP contribution >= 0.6 is 0 Å². The Balaban J connectivity index is 0.00000176. The number of carbonyl (C=O) groups is 2. The molecule has 0 spiro atoms. The fourth-order valence-corrected chi connectivity index (χ4v) is 2.12. The zero-order valence-corrected chi connectivity index (χ0v) is 12.2. The van der Waals surface area contributed by atoms with Crippen LogP contribution in [-0.2, 0) is 11.3 Å². The third-order valence-electron chi connectivity index (χ3n) is 3.10. The highest BCUT2D eigenvalue weighted by Gasteiger charge is 2.19. The van der Waals surface area contributed by atoms with Crippen molar-refractivity contribution in [2.24, 2.45) is 0 Å². The van der Waals surface area contributed by atoms with E-state index in [-0.39, 0.29) is 43.0 Å². The first kappa shape index (κ1) is 15.8. The highest BCUT2D eigenvalue weighted by atomic mass is 35.5. The zero-order chi connectivity index (χ0) is 14.8. The molecule has 22 heavy (non-hydrogen) atoms. The first-order valence-corrected chi connectivity index (χ1v) is 6.40. The summed E-state index contributed by atoms with van der Waals surface area (Å²) in [4.78, 5) is 23.5. The molecule has 0 bridgehead atoms. The summed E-state index contributed by atoms with van der Waals surface area (Å²) in [6.07, 6.45) is 3.17. The van der Waals surface area contributed by atoms with Gasteiger partial charge in [-0.15, -0.1) is 0 Å². The molecule has 1 aliphatic rings. The van der Waals surface area contributed by atoms with Crippen molar-refractivity contribution in [3.05, 3.63) is 48.3 Å². The molecule has 0 saturated heterocycles. The number of fused-ring (bicyclic) bond motifs is 1. The Morgan fingerprint density at radius 1 is 1.36 bits per heavy atom. The van der Waals surface area contributed by atoms with Gasteiger partial charge in [0.2, 0.25) is 18.5 Å². The van der Waals surface area contributed by atoms with Gasteiger partial charge in [-0.3, -0.25) is 9.59 Å². The monoisotopic (exact) mass is 320 g/mol. The lowest BCUT2D eigenvalue weighted by Crippen LogP contribution is -3.00. The molecule has 2 N–H and O–H groups in total. The molecule has 1 aromatic carbocycles. The van der Waals surface area contributed by atoms with Crippen LogP contribution in [0.5, 0.6) is 11.5 Å². The minimum absolute atomic E-state index is 0. The maximum atomic E-state index is 12.2. The normalized spacial score (nSPS) is 12.5. The van der Waals surface area contributed by atoms with Gasteiger partial charge in [0, 0.05) is 11.6 Å². The van der Waals surface area contributed by atoms with Gasteiger partial charge in [-0.2, -0.15) is 4.57 Å². The molecule has 1 aromatic heterocycles. The molecule has 3 rings (SSSR count). The van der Waals surface area contributed by atoms with Gasteiger partial charge in [-0.05, 0) is 24.3 Å². The summed E-state index contributed by atoms with van der Waals surface area (Å²) in [6.45, 7) is 0.0847. The molecule has 0 radical (unpaired) electrons. The average molecular weight is 321 g/mol. The van der Waals surface area contributed by atoms with Crippen molar-refractivity contribution in [1.29, 1.82) is 0 Å². The Hall–Kier alpha value is -2.60. The number of amides is 1. The van der Waals surface area contributed by atoms with Crippen molar-refractivity contribution < 1.29 is 36.4 Å². The Morgan fingerprint density at radius 2 is 2.18 bits per heavy atom. The molecule has 114 valence electrons. The number of carbonyl (C=O) groups excluding carboxylic acids is 2.